The van der Waals surface area contributed by atoms with E-state index in [4.69, 9.17) is 0 Å². The maximum atomic E-state index is 3.83. The fourth-order valence-corrected chi connectivity index (χ4v) is 4.43. The van der Waals surface area contributed by atoms with E-state index < -0.39 is 0 Å². The number of aryl methyl sites for hydroxylation is 1. The van der Waals surface area contributed by atoms with Crippen molar-refractivity contribution in [3.05, 3.63) is 21.9 Å². The van der Waals surface area contributed by atoms with Crippen molar-refractivity contribution in [3.8, 4) is 0 Å². The predicted molar refractivity (Wildman–Crippen MR) is 78.2 cm³/mol. The molecule has 0 bridgehead atoms. The minimum Gasteiger partial charge on any atom is -0.310 e. The number of likely N-dealkylation sites (tertiary alicyclic amines) is 1. The van der Waals surface area contributed by atoms with Gasteiger partial charge in [-0.1, -0.05) is 0 Å². The SMILES string of the molecule is CN1CCCC(CNC2CCCc3sccc32)C1. The Morgan fingerprint density at radius 3 is 3.22 bits per heavy atom. The first-order chi connectivity index (χ1) is 8.83. The molecule has 1 aliphatic carbocycles. The van der Waals surface area contributed by atoms with E-state index >= 15 is 0 Å². The highest BCUT2D eigenvalue weighted by Crippen LogP contribution is 2.33. The van der Waals surface area contributed by atoms with E-state index in [-0.39, 0.29) is 0 Å². The number of piperidine rings is 1. The molecule has 0 aromatic carbocycles. The minimum absolute atomic E-state index is 0.632. The Morgan fingerprint density at radius 1 is 1.39 bits per heavy atom. The van der Waals surface area contributed by atoms with E-state index in [0.717, 1.165) is 5.92 Å². The molecule has 2 nitrogen and oxygen atoms in total. The normalized spacial score (nSPS) is 29.2. The Balaban J connectivity index is 1.55. The Hall–Kier alpha value is -0.380. The second kappa shape index (κ2) is 5.72. The minimum atomic E-state index is 0.632. The van der Waals surface area contributed by atoms with Crippen molar-refractivity contribution < 1.29 is 0 Å². The Labute approximate surface area is 114 Å². The van der Waals surface area contributed by atoms with Crippen molar-refractivity contribution >= 4 is 11.3 Å². The lowest BCUT2D eigenvalue weighted by Gasteiger charge is -2.32. The molecule has 1 saturated heterocycles. The largest absolute Gasteiger partial charge is 0.310 e. The highest BCUT2D eigenvalue weighted by atomic mass is 32.1. The molecule has 1 fully saturated rings. The third-order valence-electron chi connectivity index (χ3n) is 4.43. The smallest absolute Gasteiger partial charge is 0.0331 e. The van der Waals surface area contributed by atoms with Crippen molar-refractivity contribution in [2.24, 2.45) is 5.92 Å². The average molecular weight is 264 g/mol. The third kappa shape index (κ3) is 2.79. The molecule has 2 atom stereocenters. The molecule has 1 aliphatic heterocycles. The zero-order chi connectivity index (χ0) is 12.4. The van der Waals surface area contributed by atoms with Gasteiger partial charge in [-0.2, -0.15) is 0 Å². The molecule has 0 spiro atoms. The van der Waals surface area contributed by atoms with Crippen LogP contribution in [0.4, 0.5) is 0 Å². The van der Waals surface area contributed by atoms with Gasteiger partial charge in [0.15, 0.2) is 0 Å². The third-order valence-corrected chi connectivity index (χ3v) is 5.42. The van der Waals surface area contributed by atoms with Gasteiger partial charge in [-0.3, -0.25) is 0 Å². The summed E-state index contributed by atoms with van der Waals surface area (Å²) in [5.41, 5.74) is 1.59. The fraction of sp³-hybridized carbons (Fsp3) is 0.733. The number of hydrogen-bond donors (Lipinski definition) is 1. The van der Waals surface area contributed by atoms with Crippen LogP contribution in [0.1, 0.15) is 42.2 Å². The summed E-state index contributed by atoms with van der Waals surface area (Å²) in [6.45, 7) is 3.76. The predicted octanol–water partition coefficient (Wildman–Crippen LogP) is 3.06. The summed E-state index contributed by atoms with van der Waals surface area (Å²) in [5.74, 6) is 0.854. The zero-order valence-electron chi connectivity index (χ0n) is 11.3. The lowest BCUT2D eigenvalue weighted by Crippen LogP contribution is -2.38. The summed E-state index contributed by atoms with van der Waals surface area (Å²) in [5, 5.41) is 6.10. The van der Waals surface area contributed by atoms with Gasteiger partial charge in [-0.15, -0.1) is 11.3 Å². The van der Waals surface area contributed by atoms with E-state index in [9.17, 15) is 0 Å². The summed E-state index contributed by atoms with van der Waals surface area (Å²) in [6.07, 6.45) is 6.76. The maximum absolute atomic E-state index is 3.83. The molecule has 2 unspecified atom stereocenters. The number of hydrogen-bond acceptors (Lipinski definition) is 3. The van der Waals surface area contributed by atoms with Crippen molar-refractivity contribution in [1.29, 1.82) is 0 Å². The van der Waals surface area contributed by atoms with Crippen LogP contribution in [0, 0.1) is 5.92 Å². The molecular weight excluding hydrogens is 240 g/mol. The maximum Gasteiger partial charge on any atom is 0.0331 e. The van der Waals surface area contributed by atoms with Crippen LogP contribution in [-0.4, -0.2) is 31.6 Å². The molecule has 3 heteroatoms. The first kappa shape index (κ1) is 12.6. The molecule has 1 aromatic rings. The summed E-state index contributed by atoms with van der Waals surface area (Å²) < 4.78 is 0. The van der Waals surface area contributed by atoms with Gasteiger partial charge in [-0.05, 0) is 75.2 Å². The van der Waals surface area contributed by atoms with Gasteiger partial charge in [0.25, 0.3) is 0 Å². The number of thiophene rings is 1. The standard InChI is InChI=1S/C15H24N2S/c1-17-8-3-4-12(11-17)10-16-14-5-2-6-15-13(14)7-9-18-15/h7,9,12,14,16H,2-6,8,10-11H2,1H3. The number of nitrogens with one attached hydrogen (secondary N) is 1. The first-order valence-corrected chi connectivity index (χ1v) is 8.19. The quantitative estimate of drug-likeness (QED) is 0.902. The van der Waals surface area contributed by atoms with Crippen LogP contribution in [0.2, 0.25) is 0 Å². The van der Waals surface area contributed by atoms with E-state index in [2.05, 4.69) is 28.7 Å². The molecule has 18 heavy (non-hydrogen) atoms. The lowest BCUT2D eigenvalue weighted by molar-refractivity contribution is 0.201. The lowest BCUT2D eigenvalue weighted by atomic mass is 9.92. The van der Waals surface area contributed by atoms with Gasteiger partial charge in [-0.25, -0.2) is 0 Å². The van der Waals surface area contributed by atoms with Crippen LogP contribution in [-0.2, 0) is 6.42 Å². The Kier molecular flexibility index (Phi) is 4.02. The second-order valence-electron chi connectivity index (χ2n) is 5.92. The van der Waals surface area contributed by atoms with E-state index in [1.807, 2.05) is 11.3 Å². The zero-order valence-corrected chi connectivity index (χ0v) is 12.1. The molecule has 100 valence electrons. The molecule has 1 N–H and O–H groups in total. The summed E-state index contributed by atoms with van der Waals surface area (Å²) in [6, 6.07) is 2.97. The van der Waals surface area contributed by atoms with Crippen LogP contribution in [0.25, 0.3) is 0 Å². The van der Waals surface area contributed by atoms with Gasteiger partial charge in [0, 0.05) is 17.5 Å². The summed E-state index contributed by atoms with van der Waals surface area (Å²) >= 11 is 1.94. The number of rotatable bonds is 3. The van der Waals surface area contributed by atoms with Gasteiger partial charge in [0.2, 0.25) is 0 Å². The molecular formula is C15H24N2S. The molecule has 1 aromatic heterocycles. The molecule has 0 amide bonds. The van der Waals surface area contributed by atoms with Gasteiger partial charge in [0.05, 0.1) is 0 Å². The number of fused-ring (bicyclic) bond motifs is 1. The van der Waals surface area contributed by atoms with Gasteiger partial charge in [0.1, 0.15) is 0 Å². The second-order valence-corrected chi connectivity index (χ2v) is 6.92. The molecule has 2 heterocycles. The average Bonchev–Trinajstić information content (AvgIpc) is 2.85. The molecule has 0 radical (unpaired) electrons. The van der Waals surface area contributed by atoms with Crippen molar-refractivity contribution in [3.63, 3.8) is 0 Å². The fourth-order valence-electron chi connectivity index (χ4n) is 3.45. The van der Waals surface area contributed by atoms with Crippen molar-refractivity contribution in [2.45, 2.75) is 38.1 Å². The monoisotopic (exact) mass is 264 g/mol. The molecule has 2 aliphatic rings. The Morgan fingerprint density at radius 2 is 2.33 bits per heavy atom. The Bertz CT molecular complexity index is 388. The molecule has 3 rings (SSSR count). The van der Waals surface area contributed by atoms with Crippen LogP contribution in [0.15, 0.2) is 11.4 Å². The van der Waals surface area contributed by atoms with Crippen LogP contribution >= 0.6 is 11.3 Å². The van der Waals surface area contributed by atoms with E-state index in [1.54, 1.807) is 10.4 Å². The van der Waals surface area contributed by atoms with Gasteiger partial charge < -0.3 is 10.2 Å². The van der Waals surface area contributed by atoms with Crippen LogP contribution in [0.5, 0.6) is 0 Å². The van der Waals surface area contributed by atoms with Crippen molar-refractivity contribution in [2.75, 3.05) is 26.7 Å². The summed E-state index contributed by atoms with van der Waals surface area (Å²) in [4.78, 5) is 4.10. The number of nitrogens with zero attached hydrogens (tertiary/aromatic N) is 1. The van der Waals surface area contributed by atoms with E-state index in [1.165, 1.54) is 51.7 Å². The highest BCUT2D eigenvalue weighted by Gasteiger charge is 2.23. The summed E-state index contributed by atoms with van der Waals surface area (Å²) in [7, 11) is 2.25. The molecule has 0 saturated carbocycles. The van der Waals surface area contributed by atoms with E-state index in [0.29, 0.717) is 6.04 Å². The van der Waals surface area contributed by atoms with Crippen LogP contribution in [0.3, 0.4) is 0 Å². The topological polar surface area (TPSA) is 15.3 Å². The van der Waals surface area contributed by atoms with Crippen LogP contribution < -0.4 is 5.32 Å². The highest BCUT2D eigenvalue weighted by molar-refractivity contribution is 7.10. The van der Waals surface area contributed by atoms with Crippen molar-refractivity contribution in [1.82, 2.24) is 10.2 Å². The first-order valence-electron chi connectivity index (χ1n) is 7.31. The van der Waals surface area contributed by atoms with Gasteiger partial charge >= 0.3 is 0 Å².